The van der Waals surface area contributed by atoms with Crippen LogP contribution < -0.4 is 25.6 Å². The van der Waals surface area contributed by atoms with E-state index in [1.54, 1.807) is 35.4 Å². The van der Waals surface area contributed by atoms with Crippen molar-refractivity contribution in [1.82, 2.24) is 39.0 Å². The zero-order chi connectivity index (χ0) is 33.6. The van der Waals surface area contributed by atoms with Crippen molar-refractivity contribution in [2.75, 3.05) is 68.7 Å². The van der Waals surface area contributed by atoms with Gasteiger partial charge in [-0.25, -0.2) is 4.98 Å². The fourth-order valence-electron chi connectivity index (χ4n) is 5.90. The number of anilines is 5. The third-order valence-corrected chi connectivity index (χ3v) is 9.58. The van der Waals surface area contributed by atoms with Crippen molar-refractivity contribution in [3.63, 3.8) is 0 Å². The average molecular weight is 678 g/mol. The molecule has 7 rings (SSSR count). The van der Waals surface area contributed by atoms with Gasteiger partial charge in [0.05, 0.1) is 23.0 Å². The number of ether oxygens (including phenoxy) is 1. The quantitative estimate of drug-likeness (QED) is 0.169. The lowest BCUT2D eigenvalue weighted by Crippen LogP contribution is -2.44. The number of fused-ring (bicyclic) bond motifs is 2. The molecule has 0 atom stereocenters. The molecule has 0 bridgehead atoms. The first-order chi connectivity index (χ1) is 23.0. The molecule has 16 heteroatoms. The van der Waals surface area contributed by atoms with Gasteiger partial charge in [0.15, 0.2) is 6.61 Å². The minimum atomic E-state index is -4.53. The first-order valence-electron chi connectivity index (χ1n) is 15.3. The van der Waals surface area contributed by atoms with Crippen LogP contribution in [0.15, 0.2) is 61.4 Å². The Morgan fingerprint density at radius 1 is 1.00 bits per heavy atom. The second-order valence-electron chi connectivity index (χ2n) is 12.0. The van der Waals surface area contributed by atoms with E-state index in [0.29, 0.717) is 24.6 Å². The van der Waals surface area contributed by atoms with Crippen molar-refractivity contribution in [1.29, 1.82) is 0 Å². The van der Waals surface area contributed by atoms with Crippen molar-refractivity contribution in [3.05, 3.63) is 61.4 Å². The number of nitrogens with zero attached hydrogens (tertiary/aromatic N) is 8. The molecule has 0 spiro atoms. The van der Waals surface area contributed by atoms with Gasteiger partial charge in [-0.3, -0.25) is 4.68 Å². The number of benzene rings is 1. The number of hydrogen-bond acceptors (Lipinski definition) is 9. The van der Waals surface area contributed by atoms with Crippen molar-refractivity contribution >= 4 is 58.7 Å². The van der Waals surface area contributed by atoms with Crippen LogP contribution >= 0.6 is 7.92 Å². The molecule has 6 aromatic rings. The molecule has 6 heterocycles. The molecule has 3 N–H and O–H groups in total. The highest BCUT2D eigenvalue weighted by Gasteiger charge is 2.30. The van der Waals surface area contributed by atoms with Gasteiger partial charge < -0.3 is 34.6 Å². The fraction of sp³-hybridized carbons (Fsp3) is 0.312. The summed E-state index contributed by atoms with van der Waals surface area (Å²) in [6, 6.07) is 7.32. The molecule has 1 saturated heterocycles. The minimum absolute atomic E-state index is 0.0354. The maximum atomic E-state index is 13.5. The van der Waals surface area contributed by atoms with Crippen LogP contribution in [0.25, 0.3) is 27.8 Å². The molecule has 0 unspecified atom stereocenters. The Kier molecular flexibility index (Phi) is 8.34. The number of likely N-dealkylation sites (N-methyl/N-ethyl adjacent to an activating group) is 1. The number of hydrogen-bond donors (Lipinski definition) is 3. The van der Waals surface area contributed by atoms with Crippen LogP contribution in [0.2, 0.25) is 0 Å². The number of rotatable bonds is 9. The highest BCUT2D eigenvalue weighted by molar-refractivity contribution is 7.65. The Morgan fingerprint density at radius 3 is 2.54 bits per heavy atom. The summed E-state index contributed by atoms with van der Waals surface area (Å²) in [7, 11) is 3.32. The third kappa shape index (κ3) is 6.47. The third-order valence-electron chi connectivity index (χ3n) is 8.25. The van der Waals surface area contributed by atoms with Crippen LogP contribution in [0.4, 0.5) is 42.0 Å². The summed E-state index contributed by atoms with van der Waals surface area (Å²) >= 11 is 0. The summed E-state index contributed by atoms with van der Waals surface area (Å²) in [6.45, 7) is 5.93. The molecule has 0 amide bonds. The minimum Gasteiger partial charge on any atom is -0.482 e. The number of alkyl halides is 3. The van der Waals surface area contributed by atoms with Gasteiger partial charge in [-0.15, -0.1) is 0 Å². The van der Waals surface area contributed by atoms with E-state index in [-0.39, 0.29) is 17.4 Å². The number of pyridine rings is 1. The number of piperazine rings is 1. The van der Waals surface area contributed by atoms with Gasteiger partial charge in [0.1, 0.15) is 22.9 Å². The van der Waals surface area contributed by atoms with E-state index in [4.69, 9.17) is 9.72 Å². The zero-order valence-corrected chi connectivity index (χ0v) is 27.8. The summed E-state index contributed by atoms with van der Waals surface area (Å²) in [4.78, 5) is 21.6. The Bertz CT molecular complexity index is 2080. The molecular weight excluding hydrogens is 642 g/mol. The Hall–Kier alpha value is -4.88. The van der Waals surface area contributed by atoms with Gasteiger partial charge in [-0.05, 0) is 38.6 Å². The SMILES string of the molecule is CN1CCN(c2cc(OCC(F)(F)F)c(Nc3nc(Nc4ccn5ccnc5c4P(C)C)c4cc[nH]c4n3)cc2-c2cnn(C)c2)CC1. The normalized spacial score (nSPS) is 14.4. The smallest absolute Gasteiger partial charge is 0.422 e. The maximum absolute atomic E-state index is 13.5. The molecule has 250 valence electrons. The molecule has 1 fully saturated rings. The lowest BCUT2D eigenvalue weighted by atomic mass is 10.0. The van der Waals surface area contributed by atoms with E-state index >= 15 is 0 Å². The molecule has 5 aromatic heterocycles. The van der Waals surface area contributed by atoms with Crippen LogP contribution in [0.5, 0.6) is 5.75 Å². The standard InChI is InChI=1S/C32H35F3N11OP/c1-43-11-13-45(14-12-43)25-16-26(47-19-32(33,34)35)24(15-22(25)20-17-38-44(2)18-20)40-31-41-28-21(5-7-36-28)29(42-31)39-23-6-9-46-10-8-37-30(46)27(23)48(3)4/h5-10,15-18H,11-14,19H2,1-4H3,(H3,36,39,40,41,42). The Morgan fingerprint density at radius 2 is 1.81 bits per heavy atom. The van der Waals surface area contributed by atoms with Gasteiger partial charge in [0.2, 0.25) is 5.95 Å². The molecule has 0 saturated carbocycles. The summed E-state index contributed by atoms with van der Waals surface area (Å²) in [5.41, 5.74) is 4.94. The van der Waals surface area contributed by atoms with Gasteiger partial charge >= 0.3 is 6.18 Å². The summed E-state index contributed by atoms with van der Waals surface area (Å²) in [5.74, 6) is 0.734. The summed E-state index contributed by atoms with van der Waals surface area (Å²) in [5, 5.41) is 12.9. The molecule has 1 aromatic carbocycles. The number of halogens is 3. The van der Waals surface area contributed by atoms with Crippen LogP contribution in [0.1, 0.15) is 0 Å². The van der Waals surface area contributed by atoms with E-state index in [2.05, 4.69) is 60.9 Å². The molecule has 0 aliphatic carbocycles. The monoisotopic (exact) mass is 677 g/mol. The van der Waals surface area contributed by atoms with Crippen molar-refractivity contribution in [3.8, 4) is 16.9 Å². The second-order valence-corrected chi connectivity index (χ2v) is 14.2. The number of imidazole rings is 1. The Balaban J connectivity index is 1.32. The van der Waals surface area contributed by atoms with E-state index < -0.39 is 20.7 Å². The topological polar surface area (TPSA) is 116 Å². The number of aryl methyl sites for hydroxylation is 1. The lowest BCUT2D eigenvalue weighted by Gasteiger charge is -2.35. The number of nitrogens with one attached hydrogen (secondary N) is 3. The molecule has 1 aliphatic rings. The van der Waals surface area contributed by atoms with Gasteiger partial charge in [-0.1, -0.05) is 7.92 Å². The number of H-pyrrole nitrogens is 1. The summed E-state index contributed by atoms with van der Waals surface area (Å²) in [6.07, 6.45) is 6.47. The van der Waals surface area contributed by atoms with E-state index in [1.807, 2.05) is 42.2 Å². The summed E-state index contributed by atoms with van der Waals surface area (Å²) < 4.78 is 49.6. The molecule has 12 nitrogen and oxygen atoms in total. The lowest BCUT2D eigenvalue weighted by molar-refractivity contribution is -0.153. The van der Waals surface area contributed by atoms with Crippen LogP contribution in [-0.4, -0.2) is 98.4 Å². The van der Waals surface area contributed by atoms with Gasteiger partial charge in [-0.2, -0.15) is 28.2 Å². The molecule has 1 aliphatic heterocycles. The van der Waals surface area contributed by atoms with Crippen molar-refractivity contribution in [2.45, 2.75) is 6.18 Å². The first-order valence-corrected chi connectivity index (χ1v) is 17.6. The molecule has 0 radical (unpaired) electrons. The average Bonchev–Trinajstić information content (AvgIpc) is 3.81. The molecular formula is C32H35F3N11OP. The predicted molar refractivity (Wildman–Crippen MR) is 184 cm³/mol. The van der Waals surface area contributed by atoms with Crippen molar-refractivity contribution < 1.29 is 17.9 Å². The number of aromatic amines is 1. The molecule has 48 heavy (non-hydrogen) atoms. The highest BCUT2D eigenvalue weighted by Crippen LogP contribution is 2.42. The van der Waals surface area contributed by atoms with E-state index in [1.165, 1.54) is 0 Å². The second kappa shape index (κ2) is 12.6. The largest absolute Gasteiger partial charge is 0.482 e. The van der Waals surface area contributed by atoms with Crippen LogP contribution in [-0.2, 0) is 7.05 Å². The van der Waals surface area contributed by atoms with E-state index in [9.17, 15) is 13.2 Å². The predicted octanol–water partition coefficient (Wildman–Crippen LogP) is 5.55. The highest BCUT2D eigenvalue weighted by atomic mass is 31.1. The zero-order valence-electron chi connectivity index (χ0n) is 26.9. The maximum Gasteiger partial charge on any atom is 0.422 e. The number of aromatic nitrogens is 7. The van der Waals surface area contributed by atoms with Crippen LogP contribution in [0, 0.1) is 0 Å². The Labute approximate surface area is 275 Å². The first kappa shape index (κ1) is 31.7. The van der Waals surface area contributed by atoms with Crippen molar-refractivity contribution in [2.24, 2.45) is 7.05 Å². The van der Waals surface area contributed by atoms with Gasteiger partial charge in [0.25, 0.3) is 0 Å². The van der Waals surface area contributed by atoms with Gasteiger partial charge in [0, 0.05) is 92.4 Å². The fourth-order valence-corrected chi connectivity index (χ4v) is 7.08. The van der Waals surface area contributed by atoms with Crippen LogP contribution in [0.3, 0.4) is 0 Å². The van der Waals surface area contributed by atoms with E-state index in [0.717, 1.165) is 51.9 Å².